The second-order valence-corrected chi connectivity index (χ2v) is 6.96. The first kappa shape index (κ1) is 17.3. The predicted octanol–water partition coefficient (Wildman–Crippen LogP) is 3.00. The lowest BCUT2D eigenvalue weighted by Gasteiger charge is -2.11. The molecule has 0 unspecified atom stereocenters. The summed E-state index contributed by atoms with van der Waals surface area (Å²) < 4.78 is 66.2. The molecule has 0 bridgehead atoms. The molecule has 2 aromatic rings. The number of halogens is 3. The highest BCUT2D eigenvalue weighted by Crippen LogP contribution is 2.30. The molecule has 0 radical (unpaired) electrons. The molecule has 1 aromatic carbocycles. The Balaban J connectivity index is 2.25. The highest BCUT2D eigenvalue weighted by atomic mass is 32.2. The van der Waals surface area contributed by atoms with E-state index in [0.717, 1.165) is 12.1 Å². The summed E-state index contributed by atoms with van der Waals surface area (Å²) in [6.07, 6.45) is -4.51. The fraction of sp³-hybridized carbons (Fsp3) is 0.357. The van der Waals surface area contributed by atoms with Gasteiger partial charge in [-0.3, -0.25) is 9.40 Å². The zero-order chi connectivity index (χ0) is 17.4. The highest BCUT2D eigenvalue weighted by Gasteiger charge is 2.30. The molecule has 0 saturated heterocycles. The third kappa shape index (κ3) is 4.04. The van der Waals surface area contributed by atoms with Gasteiger partial charge in [-0.15, -0.1) is 0 Å². The Labute approximate surface area is 132 Å². The summed E-state index contributed by atoms with van der Waals surface area (Å²) in [5.41, 5.74) is 0.519. The van der Waals surface area contributed by atoms with Crippen LogP contribution in [0.5, 0.6) is 0 Å². The van der Waals surface area contributed by atoms with Crippen molar-refractivity contribution in [2.24, 2.45) is 7.05 Å². The van der Waals surface area contributed by atoms with E-state index >= 15 is 0 Å². The molecular formula is C14H16F3N3O2S. The Hall–Kier alpha value is -2.03. The fourth-order valence-corrected chi connectivity index (χ4v) is 3.42. The van der Waals surface area contributed by atoms with E-state index in [1.54, 1.807) is 20.9 Å². The van der Waals surface area contributed by atoms with Crippen LogP contribution in [-0.4, -0.2) is 18.2 Å². The Bertz CT molecular complexity index is 826. The molecule has 0 amide bonds. The first-order valence-corrected chi connectivity index (χ1v) is 8.31. The Morgan fingerprint density at radius 3 is 2.43 bits per heavy atom. The van der Waals surface area contributed by atoms with Crippen LogP contribution in [0.1, 0.15) is 22.4 Å². The normalized spacial score (nSPS) is 12.4. The Morgan fingerprint density at radius 1 is 1.26 bits per heavy atom. The van der Waals surface area contributed by atoms with E-state index in [1.807, 2.05) is 0 Å². The molecule has 1 aromatic heterocycles. The van der Waals surface area contributed by atoms with Crippen molar-refractivity contribution in [2.45, 2.75) is 25.8 Å². The molecule has 0 aliphatic heterocycles. The number of sulfonamides is 1. The van der Waals surface area contributed by atoms with Crippen molar-refractivity contribution >= 4 is 15.8 Å². The molecule has 9 heteroatoms. The van der Waals surface area contributed by atoms with Crippen molar-refractivity contribution < 1.29 is 21.6 Å². The summed E-state index contributed by atoms with van der Waals surface area (Å²) in [6.45, 7) is 3.45. The second-order valence-electron chi connectivity index (χ2n) is 5.24. The van der Waals surface area contributed by atoms with Crippen LogP contribution in [0, 0.1) is 13.8 Å². The molecule has 5 nitrogen and oxygen atoms in total. The molecule has 0 aliphatic carbocycles. The number of hydrogen-bond donors (Lipinski definition) is 1. The standard InChI is InChI=1S/C14H16F3N3O2S/c1-9-10(2)18-20(3)13(9)19-23(21,22)8-11-5-4-6-12(7-11)14(15,16)17/h4-7,19H,8H2,1-3H3. The first-order chi connectivity index (χ1) is 10.5. The predicted molar refractivity (Wildman–Crippen MR) is 80.4 cm³/mol. The number of aryl methyl sites for hydroxylation is 2. The van der Waals surface area contributed by atoms with Gasteiger partial charge < -0.3 is 0 Å². The molecule has 0 fully saturated rings. The van der Waals surface area contributed by atoms with Crippen molar-refractivity contribution in [3.05, 3.63) is 46.6 Å². The molecule has 23 heavy (non-hydrogen) atoms. The van der Waals surface area contributed by atoms with Gasteiger partial charge in [-0.25, -0.2) is 8.42 Å². The number of hydrogen-bond acceptors (Lipinski definition) is 3. The van der Waals surface area contributed by atoms with Crippen molar-refractivity contribution in [3.63, 3.8) is 0 Å². The van der Waals surface area contributed by atoms with Gasteiger partial charge in [-0.05, 0) is 25.5 Å². The lowest BCUT2D eigenvalue weighted by molar-refractivity contribution is -0.137. The van der Waals surface area contributed by atoms with Crippen LogP contribution in [-0.2, 0) is 29.0 Å². The van der Waals surface area contributed by atoms with Gasteiger partial charge in [-0.2, -0.15) is 18.3 Å². The van der Waals surface area contributed by atoms with E-state index in [-0.39, 0.29) is 5.56 Å². The smallest absolute Gasteiger partial charge is 0.267 e. The maximum atomic E-state index is 12.7. The van der Waals surface area contributed by atoms with Crippen LogP contribution in [0.2, 0.25) is 0 Å². The van der Waals surface area contributed by atoms with E-state index in [0.29, 0.717) is 17.1 Å². The van der Waals surface area contributed by atoms with Crippen LogP contribution < -0.4 is 4.72 Å². The summed E-state index contributed by atoms with van der Waals surface area (Å²) in [5.74, 6) is -0.255. The van der Waals surface area contributed by atoms with Gasteiger partial charge in [-0.1, -0.05) is 18.2 Å². The average molecular weight is 347 g/mol. The molecule has 0 saturated carbocycles. The summed E-state index contributed by atoms with van der Waals surface area (Å²) in [4.78, 5) is 0. The summed E-state index contributed by atoms with van der Waals surface area (Å²) in [7, 11) is -2.27. The maximum Gasteiger partial charge on any atom is 0.416 e. The lowest BCUT2D eigenvalue weighted by atomic mass is 10.1. The third-order valence-electron chi connectivity index (χ3n) is 3.38. The van der Waals surface area contributed by atoms with E-state index in [9.17, 15) is 21.6 Å². The Kier molecular flexibility index (Phi) is 4.43. The zero-order valence-electron chi connectivity index (χ0n) is 12.8. The minimum Gasteiger partial charge on any atom is -0.267 e. The number of nitrogens with one attached hydrogen (secondary N) is 1. The van der Waals surface area contributed by atoms with E-state index in [1.165, 1.54) is 16.8 Å². The minimum atomic E-state index is -4.51. The van der Waals surface area contributed by atoms with Crippen molar-refractivity contribution in [1.29, 1.82) is 0 Å². The second kappa shape index (κ2) is 5.88. The van der Waals surface area contributed by atoms with Gasteiger partial charge in [0, 0.05) is 12.6 Å². The van der Waals surface area contributed by atoms with E-state index < -0.39 is 27.5 Å². The van der Waals surface area contributed by atoms with Crippen LogP contribution >= 0.6 is 0 Å². The summed E-state index contributed by atoms with van der Waals surface area (Å²) >= 11 is 0. The maximum absolute atomic E-state index is 12.7. The summed E-state index contributed by atoms with van der Waals surface area (Å²) in [6, 6.07) is 4.27. The SMILES string of the molecule is Cc1nn(C)c(NS(=O)(=O)Cc2cccc(C(F)(F)F)c2)c1C. The van der Waals surface area contributed by atoms with Crippen LogP contribution in [0.4, 0.5) is 19.0 Å². The monoisotopic (exact) mass is 347 g/mol. The lowest BCUT2D eigenvalue weighted by Crippen LogP contribution is -2.18. The number of alkyl halides is 3. The van der Waals surface area contributed by atoms with Crippen molar-refractivity contribution in [3.8, 4) is 0 Å². The molecule has 0 spiro atoms. The number of aromatic nitrogens is 2. The highest BCUT2D eigenvalue weighted by molar-refractivity contribution is 7.91. The molecule has 126 valence electrons. The zero-order valence-corrected chi connectivity index (χ0v) is 13.6. The number of rotatable bonds is 4. The van der Waals surface area contributed by atoms with E-state index in [2.05, 4.69) is 9.82 Å². The van der Waals surface area contributed by atoms with Crippen molar-refractivity contribution in [2.75, 3.05) is 4.72 Å². The number of nitrogens with zero attached hydrogens (tertiary/aromatic N) is 2. The van der Waals surface area contributed by atoms with Crippen molar-refractivity contribution in [1.82, 2.24) is 9.78 Å². The summed E-state index contributed by atoms with van der Waals surface area (Å²) in [5, 5.41) is 4.09. The molecule has 0 aliphatic rings. The molecule has 0 atom stereocenters. The van der Waals surface area contributed by atoms with Gasteiger partial charge >= 0.3 is 6.18 Å². The molecular weight excluding hydrogens is 331 g/mol. The topological polar surface area (TPSA) is 64.0 Å². The molecule has 1 N–H and O–H groups in total. The van der Waals surface area contributed by atoms with Crippen LogP contribution in [0.3, 0.4) is 0 Å². The third-order valence-corrected chi connectivity index (χ3v) is 4.60. The van der Waals surface area contributed by atoms with Gasteiger partial charge in [0.15, 0.2) is 0 Å². The van der Waals surface area contributed by atoms with Gasteiger partial charge in [0.2, 0.25) is 10.0 Å². The average Bonchev–Trinajstić information content (AvgIpc) is 2.64. The van der Waals surface area contributed by atoms with Gasteiger partial charge in [0.05, 0.1) is 17.0 Å². The van der Waals surface area contributed by atoms with Crippen LogP contribution in [0.25, 0.3) is 0 Å². The number of anilines is 1. The van der Waals surface area contributed by atoms with Crippen LogP contribution in [0.15, 0.2) is 24.3 Å². The largest absolute Gasteiger partial charge is 0.416 e. The Morgan fingerprint density at radius 2 is 1.91 bits per heavy atom. The quantitative estimate of drug-likeness (QED) is 0.925. The molecule has 1 heterocycles. The molecule has 2 rings (SSSR count). The van der Waals surface area contributed by atoms with Gasteiger partial charge in [0.25, 0.3) is 0 Å². The minimum absolute atomic E-state index is 0.0591. The fourth-order valence-electron chi connectivity index (χ4n) is 2.15. The first-order valence-electron chi connectivity index (χ1n) is 6.66. The van der Waals surface area contributed by atoms with Gasteiger partial charge in [0.1, 0.15) is 5.82 Å². The number of benzene rings is 1. The van der Waals surface area contributed by atoms with E-state index in [4.69, 9.17) is 0 Å².